The summed E-state index contributed by atoms with van der Waals surface area (Å²) >= 11 is 0. The number of hydrogen-bond acceptors (Lipinski definition) is 2. The lowest BCUT2D eigenvalue weighted by Gasteiger charge is -2.28. The Hall–Kier alpha value is -0.0800. The molecule has 0 amide bonds. The van der Waals surface area contributed by atoms with Crippen molar-refractivity contribution >= 4 is 0 Å². The summed E-state index contributed by atoms with van der Waals surface area (Å²) in [5.41, 5.74) is 0. The largest absolute Gasteiger partial charge is 0.316 e. The van der Waals surface area contributed by atoms with Gasteiger partial charge in [-0.25, -0.2) is 0 Å². The molecule has 1 heterocycles. The third kappa shape index (κ3) is 1.96. The Morgan fingerprint density at radius 1 is 1.50 bits per heavy atom. The molecule has 0 spiro atoms. The molecule has 0 bridgehead atoms. The Morgan fingerprint density at radius 3 is 2.80 bits per heavy atom. The van der Waals surface area contributed by atoms with Crippen LogP contribution in [0.5, 0.6) is 0 Å². The number of piperidine rings is 1. The van der Waals surface area contributed by atoms with E-state index in [0.717, 1.165) is 0 Å². The van der Waals surface area contributed by atoms with Crippen LogP contribution in [0.2, 0.25) is 0 Å². The highest BCUT2D eigenvalue weighted by Gasteiger charge is 2.16. The predicted octanol–water partition coefficient (Wildman–Crippen LogP) is 0.736. The van der Waals surface area contributed by atoms with Crippen LogP contribution in [0.4, 0.5) is 0 Å². The van der Waals surface area contributed by atoms with Crippen LogP contribution in [0.3, 0.4) is 0 Å². The molecule has 0 radical (unpaired) electrons. The standard InChI is InChI=1S/C8H18N2/c1-7(9-2)8-5-3-4-6-10-8/h7-10H,3-6H2,1-2H3. The fraction of sp³-hybridized carbons (Fsp3) is 1.00. The summed E-state index contributed by atoms with van der Waals surface area (Å²) in [5.74, 6) is 0. The first kappa shape index (κ1) is 8.02. The molecule has 1 aliphatic heterocycles. The molecular weight excluding hydrogens is 124 g/mol. The summed E-state index contributed by atoms with van der Waals surface area (Å²) in [7, 11) is 2.03. The maximum atomic E-state index is 3.51. The maximum Gasteiger partial charge on any atom is 0.0218 e. The maximum absolute atomic E-state index is 3.51. The van der Waals surface area contributed by atoms with Crippen molar-refractivity contribution < 1.29 is 0 Å². The van der Waals surface area contributed by atoms with E-state index in [-0.39, 0.29) is 0 Å². The van der Waals surface area contributed by atoms with Gasteiger partial charge in [0.15, 0.2) is 0 Å². The number of rotatable bonds is 2. The zero-order valence-electron chi connectivity index (χ0n) is 6.98. The Morgan fingerprint density at radius 2 is 2.30 bits per heavy atom. The van der Waals surface area contributed by atoms with Gasteiger partial charge in [-0.05, 0) is 33.4 Å². The molecule has 2 nitrogen and oxygen atoms in total. The summed E-state index contributed by atoms with van der Waals surface area (Å²) in [5, 5.41) is 6.78. The van der Waals surface area contributed by atoms with Gasteiger partial charge in [0.25, 0.3) is 0 Å². The van der Waals surface area contributed by atoms with E-state index in [1.165, 1.54) is 25.8 Å². The Kier molecular flexibility index (Phi) is 3.16. The third-order valence-electron chi connectivity index (χ3n) is 2.41. The minimum Gasteiger partial charge on any atom is -0.316 e. The van der Waals surface area contributed by atoms with Crippen molar-refractivity contribution in [2.24, 2.45) is 0 Å². The van der Waals surface area contributed by atoms with Crippen molar-refractivity contribution in [1.29, 1.82) is 0 Å². The second kappa shape index (κ2) is 3.94. The number of nitrogens with one attached hydrogen (secondary N) is 2. The Bertz CT molecular complexity index is 87.3. The fourth-order valence-electron chi connectivity index (χ4n) is 1.51. The first-order valence-electron chi connectivity index (χ1n) is 4.25. The van der Waals surface area contributed by atoms with Crippen molar-refractivity contribution in [2.45, 2.75) is 38.3 Å². The van der Waals surface area contributed by atoms with Crippen molar-refractivity contribution in [2.75, 3.05) is 13.6 Å². The molecule has 0 aromatic carbocycles. The third-order valence-corrected chi connectivity index (χ3v) is 2.41. The highest BCUT2D eigenvalue weighted by molar-refractivity contribution is 4.80. The van der Waals surface area contributed by atoms with Crippen LogP contribution in [0.1, 0.15) is 26.2 Å². The highest BCUT2D eigenvalue weighted by atomic mass is 15.0. The van der Waals surface area contributed by atoms with Crippen molar-refractivity contribution in [3.05, 3.63) is 0 Å². The van der Waals surface area contributed by atoms with Gasteiger partial charge >= 0.3 is 0 Å². The molecule has 2 heteroatoms. The van der Waals surface area contributed by atoms with E-state index in [9.17, 15) is 0 Å². The molecule has 0 aromatic rings. The van der Waals surface area contributed by atoms with Gasteiger partial charge in [0.1, 0.15) is 0 Å². The van der Waals surface area contributed by atoms with Crippen LogP contribution in [-0.4, -0.2) is 25.7 Å². The lowest BCUT2D eigenvalue weighted by Crippen LogP contribution is -2.47. The molecule has 2 unspecified atom stereocenters. The zero-order chi connectivity index (χ0) is 7.40. The Balaban J connectivity index is 2.24. The average molecular weight is 142 g/mol. The minimum absolute atomic E-state index is 0.625. The van der Waals surface area contributed by atoms with Crippen LogP contribution >= 0.6 is 0 Å². The second-order valence-electron chi connectivity index (χ2n) is 3.13. The van der Waals surface area contributed by atoms with Crippen molar-refractivity contribution in [1.82, 2.24) is 10.6 Å². The molecule has 0 saturated carbocycles. The van der Waals surface area contributed by atoms with E-state index < -0.39 is 0 Å². The van der Waals surface area contributed by atoms with E-state index in [4.69, 9.17) is 0 Å². The molecule has 1 fully saturated rings. The first-order valence-corrected chi connectivity index (χ1v) is 4.25. The van der Waals surface area contributed by atoms with Gasteiger partial charge in [-0.1, -0.05) is 6.42 Å². The zero-order valence-corrected chi connectivity index (χ0v) is 6.98. The fourth-order valence-corrected chi connectivity index (χ4v) is 1.51. The van der Waals surface area contributed by atoms with Gasteiger partial charge in [-0.3, -0.25) is 0 Å². The summed E-state index contributed by atoms with van der Waals surface area (Å²) in [6.45, 7) is 3.44. The summed E-state index contributed by atoms with van der Waals surface area (Å²) in [6, 6.07) is 1.33. The van der Waals surface area contributed by atoms with E-state index in [0.29, 0.717) is 12.1 Å². The number of hydrogen-bond donors (Lipinski definition) is 2. The first-order chi connectivity index (χ1) is 4.84. The van der Waals surface area contributed by atoms with Gasteiger partial charge in [0, 0.05) is 12.1 Å². The topological polar surface area (TPSA) is 24.1 Å². The SMILES string of the molecule is CNC(C)C1CCCCN1. The van der Waals surface area contributed by atoms with Crippen LogP contribution in [0, 0.1) is 0 Å². The predicted molar refractivity (Wildman–Crippen MR) is 44.2 cm³/mol. The molecule has 0 aromatic heterocycles. The molecule has 0 aliphatic carbocycles. The van der Waals surface area contributed by atoms with Crippen molar-refractivity contribution in [3.8, 4) is 0 Å². The van der Waals surface area contributed by atoms with E-state index >= 15 is 0 Å². The van der Waals surface area contributed by atoms with E-state index in [1.807, 2.05) is 7.05 Å². The average Bonchev–Trinajstić information content (AvgIpc) is 2.05. The smallest absolute Gasteiger partial charge is 0.0218 e. The van der Waals surface area contributed by atoms with Gasteiger partial charge in [-0.15, -0.1) is 0 Å². The molecule has 1 aliphatic rings. The lowest BCUT2D eigenvalue weighted by molar-refractivity contribution is 0.336. The molecule has 2 atom stereocenters. The van der Waals surface area contributed by atoms with Gasteiger partial charge in [-0.2, -0.15) is 0 Å². The minimum atomic E-state index is 0.625. The quantitative estimate of drug-likeness (QED) is 0.594. The van der Waals surface area contributed by atoms with Gasteiger partial charge in [0.05, 0.1) is 0 Å². The Labute approximate surface area is 63.4 Å². The number of likely N-dealkylation sites (N-methyl/N-ethyl adjacent to an activating group) is 1. The monoisotopic (exact) mass is 142 g/mol. The van der Waals surface area contributed by atoms with Gasteiger partial charge < -0.3 is 10.6 Å². The normalized spacial score (nSPS) is 30.0. The molecular formula is C8H18N2. The van der Waals surface area contributed by atoms with Crippen LogP contribution in [0.15, 0.2) is 0 Å². The van der Waals surface area contributed by atoms with Crippen molar-refractivity contribution in [3.63, 3.8) is 0 Å². The summed E-state index contributed by atoms with van der Waals surface area (Å²) < 4.78 is 0. The van der Waals surface area contributed by atoms with Crippen LogP contribution < -0.4 is 10.6 Å². The molecule has 1 saturated heterocycles. The molecule has 10 heavy (non-hydrogen) atoms. The van der Waals surface area contributed by atoms with Crippen LogP contribution in [-0.2, 0) is 0 Å². The summed E-state index contributed by atoms with van der Waals surface area (Å²) in [6.07, 6.45) is 4.08. The second-order valence-corrected chi connectivity index (χ2v) is 3.13. The van der Waals surface area contributed by atoms with Gasteiger partial charge in [0.2, 0.25) is 0 Å². The molecule has 2 N–H and O–H groups in total. The van der Waals surface area contributed by atoms with E-state index in [2.05, 4.69) is 17.6 Å². The molecule has 60 valence electrons. The lowest BCUT2D eigenvalue weighted by atomic mass is 9.99. The van der Waals surface area contributed by atoms with Crippen LogP contribution in [0.25, 0.3) is 0 Å². The summed E-state index contributed by atoms with van der Waals surface area (Å²) in [4.78, 5) is 0. The van der Waals surface area contributed by atoms with E-state index in [1.54, 1.807) is 0 Å². The molecule has 1 rings (SSSR count). The highest BCUT2D eigenvalue weighted by Crippen LogP contribution is 2.09.